The molecule has 0 fully saturated rings. The van der Waals surface area contributed by atoms with Crippen LogP contribution in [0.15, 0.2) is 78.4 Å². The molecule has 3 aromatic rings. The highest BCUT2D eigenvalue weighted by Crippen LogP contribution is 2.25. The molecule has 7 nitrogen and oxygen atoms in total. The van der Waals surface area contributed by atoms with Crippen molar-refractivity contribution >= 4 is 40.9 Å². The van der Waals surface area contributed by atoms with Gasteiger partial charge in [-0.05, 0) is 36.4 Å². The van der Waals surface area contributed by atoms with E-state index in [1.54, 1.807) is 72.8 Å². The highest BCUT2D eigenvalue weighted by Gasteiger charge is 2.14. The normalized spacial score (nSPS) is 10.6. The van der Waals surface area contributed by atoms with Crippen LogP contribution in [0.1, 0.15) is 5.56 Å². The molecule has 0 spiro atoms. The molecular weight excluding hydrogens is 442 g/mol. The topological polar surface area (TPSA) is 100 Å². The smallest absolute Gasteiger partial charge is 0.266 e. The van der Waals surface area contributed by atoms with Crippen molar-refractivity contribution in [3.8, 4) is 17.6 Å². The van der Waals surface area contributed by atoms with E-state index in [9.17, 15) is 14.9 Å². The summed E-state index contributed by atoms with van der Waals surface area (Å²) in [5, 5.41) is 15.2. The maximum atomic E-state index is 12.6. The highest BCUT2D eigenvalue weighted by molar-refractivity contribution is 6.34. The van der Waals surface area contributed by atoms with Gasteiger partial charge in [0.25, 0.3) is 11.8 Å². The molecular formula is C25H20ClN3O4. The number of nitriles is 1. The molecule has 0 aliphatic heterocycles. The Hall–Kier alpha value is -4.28. The number of hydrogen-bond acceptors (Lipinski definition) is 5. The third kappa shape index (κ3) is 6.35. The number of halogens is 1. The predicted octanol–water partition coefficient (Wildman–Crippen LogP) is 4.91. The van der Waals surface area contributed by atoms with E-state index in [1.165, 1.54) is 13.2 Å². The van der Waals surface area contributed by atoms with Crippen molar-refractivity contribution in [2.75, 3.05) is 24.4 Å². The van der Waals surface area contributed by atoms with Crippen molar-refractivity contribution in [3.05, 3.63) is 89.0 Å². The summed E-state index contributed by atoms with van der Waals surface area (Å²) in [7, 11) is 1.51. The minimum absolute atomic E-state index is 0.149. The molecule has 33 heavy (non-hydrogen) atoms. The second kappa shape index (κ2) is 11.4. The van der Waals surface area contributed by atoms with E-state index in [0.717, 1.165) is 0 Å². The van der Waals surface area contributed by atoms with Crippen LogP contribution in [0.25, 0.3) is 6.08 Å². The zero-order valence-electron chi connectivity index (χ0n) is 17.7. The quantitative estimate of drug-likeness (QED) is 0.366. The van der Waals surface area contributed by atoms with Gasteiger partial charge in [-0.1, -0.05) is 54.1 Å². The number of para-hydroxylation sites is 4. The van der Waals surface area contributed by atoms with Crippen LogP contribution in [0.2, 0.25) is 5.02 Å². The maximum Gasteiger partial charge on any atom is 0.266 e. The summed E-state index contributed by atoms with van der Waals surface area (Å²) in [4.78, 5) is 24.9. The molecule has 8 heteroatoms. The minimum Gasteiger partial charge on any atom is -0.495 e. The second-order valence-corrected chi connectivity index (χ2v) is 7.09. The lowest BCUT2D eigenvalue weighted by atomic mass is 10.1. The zero-order valence-corrected chi connectivity index (χ0v) is 18.4. The summed E-state index contributed by atoms with van der Waals surface area (Å²) in [6, 6.07) is 22.4. The van der Waals surface area contributed by atoms with Crippen LogP contribution in [0, 0.1) is 11.3 Å². The largest absolute Gasteiger partial charge is 0.495 e. The third-order valence-corrected chi connectivity index (χ3v) is 4.78. The van der Waals surface area contributed by atoms with E-state index in [2.05, 4.69) is 10.6 Å². The molecule has 0 aliphatic carbocycles. The molecule has 0 unspecified atom stereocenters. The molecule has 166 valence electrons. The number of nitrogens with one attached hydrogen (secondary N) is 2. The van der Waals surface area contributed by atoms with Crippen molar-refractivity contribution in [1.29, 1.82) is 5.26 Å². The molecule has 0 atom stereocenters. The lowest BCUT2D eigenvalue weighted by molar-refractivity contribution is -0.118. The molecule has 2 amide bonds. The Labute approximate surface area is 196 Å². The van der Waals surface area contributed by atoms with Crippen molar-refractivity contribution in [1.82, 2.24) is 0 Å². The van der Waals surface area contributed by atoms with Crippen molar-refractivity contribution < 1.29 is 19.1 Å². The average molecular weight is 462 g/mol. The van der Waals surface area contributed by atoms with Gasteiger partial charge in [0, 0.05) is 5.56 Å². The van der Waals surface area contributed by atoms with Gasteiger partial charge in [-0.25, -0.2) is 0 Å². The fraction of sp³-hybridized carbons (Fsp3) is 0.0800. The number of ether oxygens (including phenoxy) is 2. The highest BCUT2D eigenvalue weighted by atomic mass is 35.5. The number of nitrogens with zero attached hydrogens (tertiary/aromatic N) is 1. The molecule has 0 bridgehead atoms. The molecule has 0 aliphatic rings. The van der Waals surface area contributed by atoms with Crippen LogP contribution in [0.3, 0.4) is 0 Å². The van der Waals surface area contributed by atoms with Gasteiger partial charge in [0.15, 0.2) is 6.61 Å². The van der Waals surface area contributed by atoms with Crippen LogP contribution in [0.5, 0.6) is 11.5 Å². The monoisotopic (exact) mass is 461 g/mol. The Morgan fingerprint density at radius 2 is 1.58 bits per heavy atom. The molecule has 0 aromatic heterocycles. The van der Waals surface area contributed by atoms with Crippen molar-refractivity contribution in [2.24, 2.45) is 0 Å². The Bertz CT molecular complexity index is 1230. The number of benzene rings is 3. The number of methoxy groups -OCH3 is 1. The average Bonchev–Trinajstić information content (AvgIpc) is 2.83. The van der Waals surface area contributed by atoms with Gasteiger partial charge in [-0.2, -0.15) is 5.26 Å². The van der Waals surface area contributed by atoms with E-state index in [0.29, 0.717) is 33.5 Å². The van der Waals surface area contributed by atoms with Gasteiger partial charge in [0.2, 0.25) is 0 Å². The van der Waals surface area contributed by atoms with E-state index in [1.807, 2.05) is 6.07 Å². The fourth-order valence-corrected chi connectivity index (χ4v) is 3.05. The Balaban J connectivity index is 1.71. The number of amides is 2. The van der Waals surface area contributed by atoms with E-state index < -0.39 is 11.8 Å². The van der Waals surface area contributed by atoms with Gasteiger partial charge in [-0.15, -0.1) is 0 Å². The minimum atomic E-state index is -0.616. The van der Waals surface area contributed by atoms with Gasteiger partial charge in [0.05, 0.1) is 23.5 Å². The van der Waals surface area contributed by atoms with E-state index in [-0.39, 0.29) is 12.2 Å². The van der Waals surface area contributed by atoms with Gasteiger partial charge in [0.1, 0.15) is 23.1 Å². The summed E-state index contributed by atoms with van der Waals surface area (Å²) in [5.74, 6) is -0.145. The number of rotatable bonds is 8. The number of carbonyl (C=O) groups is 2. The SMILES string of the molecule is COc1ccccc1NC(=O)COc1ccccc1/C=C(\C#N)C(=O)Nc1ccccc1Cl. The summed E-state index contributed by atoms with van der Waals surface area (Å²) in [6.07, 6.45) is 1.39. The van der Waals surface area contributed by atoms with Gasteiger partial charge >= 0.3 is 0 Å². The summed E-state index contributed by atoms with van der Waals surface area (Å²) in [6.45, 7) is -0.281. The predicted molar refractivity (Wildman–Crippen MR) is 127 cm³/mol. The fourth-order valence-electron chi connectivity index (χ4n) is 2.87. The first-order chi connectivity index (χ1) is 16.0. The zero-order chi connectivity index (χ0) is 23.6. The Morgan fingerprint density at radius 1 is 0.939 bits per heavy atom. The lowest BCUT2D eigenvalue weighted by Crippen LogP contribution is -2.20. The van der Waals surface area contributed by atoms with Gasteiger partial charge < -0.3 is 20.1 Å². The summed E-state index contributed by atoms with van der Waals surface area (Å²) in [5.41, 5.74) is 1.23. The van der Waals surface area contributed by atoms with Gasteiger partial charge in [-0.3, -0.25) is 9.59 Å². The molecule has 0 saturated heterocycles. The number of carbonyl (C=O) groups excluding carboxylic acids is 2. The molecule has 0 saturated carbocycles. The molecule has 0 radical (unpaired) electrons. The number of hydrogen-bond donors (Lipinski definition) is 2. The van der Waals surface area contributed by atoms with E-state index in [4.69, 9.17) is 21.1 Å². The first-order valence-corrected chi connectivity index (χ1v) is 10.2. The maximum absolute atomic E-state index is 12.6. The van der Waals surface area contributed by atoms with E-state index >= 15 is 0 Å². The standard InChI is InChI=1S/C25H20ClN3O4/c1-32-23-13-7-5-11-21(23)28-24(30)16-33-22-12-6-2-8-17(22)14-18(15-27)25(31)29-20-10-4-3-9-19(20)26/h2-14H,16H2,1H3,(H,28,30)(H,29,31)/b18-14+. The summed E-state index contributed by atoms with van der Waals surface area (Å²) < 4.78 is 10.9. The molecule has 0 heterocycles. The summed E-state index contributed by atoms with van der Waals surface area (Å²) >= 11 is 6.07. The Kier molecular flexibility index (Phi) is 8.06. The van der Waals surface area contributed by atoms with Crippen LogP contribution in [-0.2, 0) is 9.59 Å². The van der Waals surface area contributed by atoms with Crippen LogP contribution in [0.4, 0.5) is 11.4 Å². The van der Waals surface area contributed by atoms with Crippen LogP contribution < -0.4 is 20.1 Å². The van der Waals surface area contributed by atoms with Crippen LogP contribution >= 0.6 is 11.6 Å². The second-order valence-electron chi connectivity index (χ2n) is 6.68. The number of anilines is 2. The van der Waals surface area contributed by atoms with Crippen LogP contribution in [-0.4, -0.2) is 25.5 Å². The lowest BCUT2D eigenvalue weighted by Gasteiger charge is -2.12. The molecule has 3 aromatic carbocycles. The van der Waals surface area contributed by atoms with Crippen molar-refractivity contribution in [3.63, 3.8) is 0 Å². The molecule has 3 rings (SSSR count). The third-order valence-electron chi connectivity index (χ3n) is 4.45. The first kappa shape index (κ1) is 23.4. The first-order valence-electron chi connectivity index (χ1n) is 9.84. The Morgan fingerprint density at radius 3 is 2.27 bits per heavy atom. The van der Waals surface area contributed by atoms with Crippen molar-refractivity contribution in [2.45, 2.75) is 0 Å². The molecule has 2 N–H and O–H groups in total.